The van der Waals surface area contributed by atoms with Crippen LogP contribution in [0.1, 0.15) is 25.0 Å². The number of para-hydroxylation sites is 1. The van der Waals surface area contributed by atoms with Crippen LogP contribution < -0.4 is 20.2 Å². The van der Waals surface area contributed by atoms with Crippen molar-refractivity contribution in [3.8, 4) is 11.5 Å². The maximum absolute atomic E-state index is 13.0. The van der Waals surface area contributed by atoms with Crippen LogP contribution in [0.25, 0.3) is 10.9 Å². The van der Waals surface area contributed by atoms with Crippen molar-refractivity contribution in [3.05, 3.63) is 57.3 Å². The number of alkyl carbamates (subject to hydrolysis) is 1. The van der Waals surface area contributed by atoms with E-state index in [9.17, 15) is 14.4 Å². The van der Waals surface area contributed by atoms with E-state index in [1.54, 1.807) is 32.2 Å². The number of hydrogen-bond donors (Lipinski definition) is 4. The Bertz CT molecular complexity index is 1290. The van der Waals surface area contributed by atoms with Crippen LogP contribution in [0, 0.1) is 3.57 Å². The maximum atomic E-state index is 13.0. The summed E-state index contributed by atoms with van der Waals surface area (Å²) in [4.78, 5) is 39.1. The molecule has 0 bridgehead atoms. The number of amides is 2. The van der Waals surface area contributed by atoms with Gasteiger partial charge >= 0.3 is 12.1 Å². The third-order valence-electron chi connectivity index (χ3n) is 5.04. The number of halogens is 1. The topological polar surface area (TPSA) is 151 Å². The first-order valence-electron chi connectivity index (χ1n) is 11.4. The van der Waals surface area contributed by atoms with Gasteiger partial charge in [0, 0.05) is 23.5 Å². The van der Waals surface area contributed by atoms with Crippen molar-refractivity contribution in [3.63, 3.8) is 0 Å². The molecule has 0 fully saturated rings. The van der Waals surface area contributed by atoms with E-state index >= 15 is 0 Å². The minimum absolute atomic E-state index is 0.165. The lowest BCUT2D eigenvalue weighted by Crippen LogP contribution is -2.47. The Morgan fingerprint density at radius 2 is 1.95 bits per heavy atom. The summed E-state index contributed by atoms with van der Waals surface area (Å²) in [6, 6.07) is 10.0. The Kier molecular flexibility index (Phi) is 10.1. The molecule has 37 heavy (non-hydrogen) atoms. The quantitative estimate of drug-likeness (QED) is 0.137. The minimum atomic E-state index is -1.11. The van der Waals surface area contributed by atoms with Crippen LogP contribution in [-0.2, 0) is 20.7 Å². The van der Waals surface area contributed by atoms with E-state index in [2.05, 4.69) is 20.8 Å². The molecule has 4 N–H and O–H groups in total. The number of H-pyrrole nitrogens is 1. The number of fused-ring (bicyclic) bond motifs is 1. The SMILES string of the molecule is CCOC(=O)N[C@H](Cc1c[nH]c2ccccc12)C(=O)N/N=C\c1cc(I)c(OCC(=O)O)c(OCC)c1. The number of ether oxygens (including phenoxy) is 3. The number of carbonyl (C=O) groups is 3. The van der Waals surface area contributed by atoms with Gasteiger partial charge in [0.25, 0.3) is 5.91 Å². The number of nitrogens with zero attached hydrogens (tertiary/aromatic N) is 1. The zero-order valence-corrected chi connectivity index (χ0v) is 22.4. The number of rotatable bonds is 12. The Balaban J connectivity index is 1.76. The third-order valence-corrected chi connectivity index (χ3v) is 5.84. The zero-order valence-electron chi connectivity index (χ0n) is 20.2. The molecule has 0 aliphatic heterocycles. The molecule has 0 unspecified atom stereocenters. The molecule has 1 atom stereocenters. The molecule has 0 spiro atoms. The largest absolute Gasteiger partial charge is 0.490 e. The number of carboxylic acid groups (broad SMARTS) is 1. The Morgan fingerprint density at radius 1 is 1.16 bits per heavy atom. The van der Waals surface area contributed by atoms with E-state index in [4.69, 9.17) is 19.3 Å². The van der Waals surface area contributed by atoms with Crippen molar-refractivity contribution in [1.29, 1.82) is 0 Å². The highest BCUT2D eigenvalue weighted by molar-refractivity contribution is 14.1. The first-order valence-corrected chi connectivity index (χ1v) is 12.5. The lowest BCUT2D eigenvalue weighted by molar-refractivity contribution is -0.139. The summed E-state index contributed by atoms with van der Waals surface area (Å²) in [6.07, 6.45) is 2.72. The van der Waals surface area contributed by atoms with Crippen LogP contribution in [0.3, 0.4) is 0 Å². The smallest absolute Gasteiger partial charge is 0.407 e. The molecule has 0 aliphatic carbocycles. The van der Waals surface area contributed by atoms with Crippen LogP contribution in [0.2, 0.25) is 0 Å². The fraction of sp³-hybridized carbons (Fsp3) is 0.280. The van der Waals surface area contributed by atoms with Gasteiger partial charge in [0.1, 0.15) is 6.04 Å². The molecule has 196 valence electrons. The molecule has 2 aromatic carbocycles. The Labute approximate surface area is 226 Å². The Morgan fingerprint density at radius 3 is 2.68 bits per heavy atom. The average molecular weight is 622 g/mol. The number of nitrogens with one attached hydrogen (secondary N) is 3. The van der Waals surface area contributed by atoms with Gasteiger partial charge < -0.3 is 29.6 Å². The molecule has 1 aromatic heterocycles. The second-order valence-corrected chi connectivity index (χ2v) is 8.82. The van der Waals surface area contributed by atoms with Gasteiger partial charge in [0.15, 0.2) is 18.1 Å². The number of benzene rings is 2. The van der Waals surface area contributed by atoms with Gasteiger partial charge in [0.05, 0.1) is 23.0 Å². The molecule has 0 saturated carbocycles. The van der Waals surface area contributed by atoms with E-state index in [-0.39, 0.29) is 13.0 Å². The summed E-state index contributed by atoms with van der Waals surface area (Å²) in [5.41, 5.74) is 4.82. The van der Waals surface area contributed by atoms with Gasteiger partial charge in [-0.05, 0) is 65.8 Å². The van der Waals surface area contributed by atoms with Gasteiger partial charge in [-0.25, -0.2) is 15.0 Å². The first-order chi connectivity index (χ1) is 17.8. The number of aliphatic carboxylic acids is 1. The van der Waals surface area contributed by atoms with Crippen molar-refractivity contribution in [2.24, 2.45) is 5.10 Å². The predicted molar refractivity (Wildman–Crippen MR) is 145 cm³/mol. The van der Waals surface area contributed by atoms with Crippen LogP contribution in [0.4, 0.5) is 4.79 Å². The molecule has 0 radical (unpaired) electrons. The van der Waals surface area contributed by atoms with Crippen molar-refractivity contribution >= 4 is 57.7 Å². The number of hydrazone groups is 1. The molecule has 0 saturated heterocycles. The zero-order chi connectivity index (χ0) is 26.8. The average Bonchev–Trinajstić information content (AvgIpc) is 3.26. The van der Waals surface area contributed by atoms with E-state index in [0.29, 0.717) is 27.2 Å². The van der Waals surface area contributed by atoms with Gasteiger partial charge in [-0.15, -0.1) is 0 Å². The summed E-state index contributed by atoms with van der Waals surface area (Å²) in [6.45, 7) is 3.46. The van der Waals surface area contributed by atoms with Crippen molar-refractivity contribution in [2.45, 2.75) is 26.3 Å². The fourth-order valence-corrected chi connectivity index (χ4v) is 4.27. The highest BCUT2D eigenvalue weighted by atomic mass is 127. The predicted octanol–water partition coefficient (Wildman–Crippen LogP) is 3.44. The summed E-state index contributed by atoms with van der Waals surface area (Å²) in [5.74, 6) is -0.978. The van der Waals surface area contributed by atoms with Gasteiger partial charge in [-0.1, -0.05) is 18.2 Å². The molecule has 11 nitrogen and oxygen atoms in total. The second kappa shape index (κ2) is 13.5. The maximum Gasteiger partial charge on any atom is 0.407 e. The molecule has 3 aromatic rings. The number of aromatic nitrogens is 1. The molecule has 3 rings (SSSR count). The van der Waals surface area contributed by atoms with E-state index in [1.807, 2.05) is 46.9 Å². The molecular formula is C25H27IN4O7. The minimum Gasteiger partial charge on any atom is -0.490 e. The molecule has 0 aliphatic rings. The van der Waals surface area contributed by atoms with E-state index < -0.39 is 30.6 Å². The highest BCUT2D eigenvalue weighted by Gasteiger charge is 2.23. The lowest BCUT2D eigenvalue weighted by atomic mass is 10.0. The number of carboxylic acids is 1. The summed E-state index contributed by atoms with van der Waals surface area (Å²) < 4.78 is 16.5. The fourth-order valence-electron chi connectivity index (χ4n) is 3.49. The van der Waals surface area contributed by atoms with Gasteiger partial charge in [-0.3, -0.25) is 4.79 Å². The summed E-state index contributed by atoms with van der Waals surface area (Å²) in [7, 11) is 0. The number of hydrogen-bond acceptors (Lipinski definition) is 7. The van der Waals surface area contributed by atoms with Crippen LogP contribution in [0.15, 0.2) is 47.7 Å². The summed E-state index contributed by atoms with van der Waals surface area (Å²) in [5, 5.41) is 16.5. The van der Waals surface area contributed by atoms with Crippen molar-refractivity contribution < 1.29 is 33.7 Å². The van der Waals surface area contributed by atoms with Crippen LogP contribution in [0.5, 0.6) is 11.5 Å². The van der Waals surface area contributed by atoms with E-state index in [0.717, 1.165) is 16.5 Å². The molecule has 1 heterocycles. The molecule has 2 amide bonds. The number of aromatic amines is 1. The van der Waals surface area contributed by atoms with Crippen LogP contribution >= 0.6 is 22.6 Å². The lowest BCUT2D eigenvalue weighted by Gasteiger charge is -2.16. The Hall–Kier alpha value is -3.81. The van der Waals surface area contributed by atoms with Gasteiger partial charge in [0.2, 0.25) is 0 Å². The summed E-state index contributed by atoms with van der Waals surface area (Å²) >= 11 is 2.00. The number of carbonyl (C=O) groups excluding carboxylic acids is 2. The van der Waals surface area contributed by atoms with E-state index in [1.165, 1.54) is 6.21 Å². The van der Waals surface area contributed by atoms with Crippen LogP contribution in [-0.4, -0.2) is 60.1 Å². The second-order valence-electron chi connectivity index (χ2n) is 7.66. The third kappa shape index (κ3) is 7.84. The normalized spacial score (nSPS) is 11.8. The highest BCUT2D eigenvalue weighted by Crippen LogP contribution is 2.34. The molecular weight excluding hydrogens is 595 g/mol. The van der Waals surface area contributed by atoms with Gasteiger partial charge in [-0.2, -0.15) is 5.10 Å². The molecule has 12 heteroatoms. The van der Waals surface area contributed by atoms with Crippen molar-refractivity contribution in [1.82, 2.24) is 15.7 Å². The monoisotopic (exact) mass is 622 g/mol. The standard InChI is InChI=1S/C25H27IN4O7/c1-3-35-21-10-15(9-18(26)23(21)37-14-22(31)32)12-28-30-24(33)20(29-25(34)36-4-2)11-16-13-27-19-8-6-5-7-17(16)19/h5-10,12-13,20,27H,3-4,11,14H2,1-2H3,(H,29,34)(H,30,33)(H,31,32)/b28-12-/t20-/m1/s1. The first kappa shape index (κ1) is 27.8. The van der Waals surface area contributed by atoms with Crippen molar-refractivity contribution in [2.75, 3.05) is 19.8 Å².